The molecule has 0 saturated heterocycles. The molecule has 2 aliphatic heterocycles. The zero-order valence-corrected chi connectivity index (χ0v) is 13.4. The molecule has 2 heterocycles. The van der Waals surface area contributed by atoms with Gasteiger partial charge in [0.25, 0.3) is 0 Å². The summed E-state index contributed by atoms with van der Waals surface area (Å²) in [5.41, 5.74) is 5.81. The van der Waals surface area contributed by atoms with E-state index in [4.69, 9.17) is 15.2 Å². The van der Waals surface area contributed by atoms with Gasteiger partial charge in [0.2, 0.25) is 11.8 Å². The van der Waals surface area contributed by atoms with Gasteiger partial charge >= 0.3 is 5.97 Å². The first-order valence-electron chi connectivity index (χ1n) is 7.19. The molecule has 7 heteroatoms. The predicted octanol–water partition coefficient (Wildman–Crippen LogP) is 1.36. The third kappa shape index (κ3) is 1.71. The molecule has 0 fully saturated rings. The number of esters is 1. The summed E-state index contributed by atoms with van der Waals surface area (Å²) >= 11 is 0. The zero-order chi connectivity index (χ0) is 17.6. The molecule has 3 N–H and O–H groups in total. The van der Waals surface area contributed by atoms with Gasteiger partial charge in [-0.3, -0.25) is 4.79 Å². The SMILES string of the molecule is COC(=O)C1=C(C)OC(N)=C(C#N)[C@]12C(=O)Nc1cccc(C)c12. The smallest absolute Gasteiger partial charge is 0.339 e. The molecule has 1 amide bonds. The van der Waals surface area contributed by atoms with Crippen LogP contribution in [0.3, 0.4) is 0 Å². The highest BCUT2D eigenvalue weighted by Crippen LogP contribution is 2.52. The van der Waals surface area contributed by atoms with Crippen molar-refractivity contribution < 1.29 is 19.1 Å². The Hall–Kier alpha value is -3.27. The Bertz CT molecular complexity index is 892. The number of amides is 1. The molecular weight excluding hydrogens is 310 g/mol. The molecule has 0 unspecified atom stereocenters. The lowest BCUT2D eigenvalue weighted by atomic mass is 9.67. The van der Waals surface area contributed by atoms with Gasteiger partial charge in [-0.15, -0.1) is 0 Å². The highest BCUT2D eigenvalue weighted by molar-refractivity contribution is 6.17. The normalized spacial score (nSPS) is 22.0. The van der Waals surface area contributed by atoms with Gasteiger partial charge in [0, 0.05) is 11.3 Å². The summed E-state index contributed by atoms with van der Waals surface area (Å²) in [6, 6.07) is 7.22. The highest BCUT2D eigenvalue weighted by Gasteiger charge is 2.60. The van der Waals surface area contributed by atoms with Crippen molar-refractivity contribution in [2.75, 3.05) is 12.4 Å². The number of nitrogens with two attached hydrogens (primary N) is 1. The maximum Gasteiger partial charge on any atom is 0.339 e. The first-order chi connectivity index (χ1) is 11.4. The van der Waals surface area contributed by atoms with Crippen molar-refractivity contribution in [3.8, 4) is 6.07 Å². The van der Waals surface area contributed by atoms with Crippen LogP contribution < -0.4 is 11.1 Å². The summed E-state index contributed by atoms with van der Waals surface area (Å²) in [5, 5.41) is 12.4. The lowest BCUT2D eigenvalue weighted by molar-refractivity contribution is -0.138. The molecule has 7 nitrogen and oxygen atoms in total. The Kier molecular flexibility index (Phi) is 3.34. The number of allylic oxidation sites excluding steroid dienone is 1. The second-order valence-electron chi connectivity index (χ2n) is 5.58. The van der Waals surface area contributed by atoms with E-state index in [2.05, 4.69) is 5.32 Å². The van der Waals surface area contributed by atoms with Crippen LogP contribution in [0.1, 0.15) is 18.1 Å². The van der Waals surface area contributed by atoms with Crippen LogP contribution in [0.2, 0.25) is 0 Å². The van der Waals surface area contributed by atoms with Crippen molar-refractivity contribution in [3.63, 3.8) is 0 Å². The topological polar surface area (TPSA) is 114 Å². The van der Waals surface area contributed by atoms with Gasteiger partial charge in [-0.1, -0.05) is 12.1 Å². The van der Waals surface area contributed by atoms with E-state index in [1.165, 1.54) is 14.0 Å². The monoisotopic (exact) mass is 325 g/mol. The van der Waals surface area contributed by atoms with Crippen molar-refractivity contribution in [1.29, 1.82) is 5.26 Å². The molecule has 3 rings (SSSR count). The first kappa shape index (κ1) is 15.6. The Morgan fingerprint density at radius 2 is 2.12 bits per heavy atom. The van der Waals surface area contributed by atoms with Gasteiger partial charge in [0.1, 0.15) is 23.0 Å². The molecule has 0 radical (unpaired) electrons. The van der Waals surface area contributed by atoms with Crippen LogP contribution in [0.5, 0.6) is 0 Å². The highest BCUT2D eigenvalue weighted by atomic mass is 16.5. The predicted molar refractivity (Wildman–Crippen MR) is 84.1 cm³/mol. The largest absolute Gasteiger partial charge is 0.466 e. The average Bonchev–Trinajstić information content (AvgIpc) is 2.81. The lowest BCUT2D eigenvalue weighted by Gasteiger charge is -2.34. The fourth-order valence-corrected chi connectivity index (χ4v) is 3.46. The van der Waals surface area contributed by atoms with Crippen LogP contribution in [-0.4, -0.2) is 19.0 Å². The molecule has 1 aromatic rings. The third-order valence-electron chi connectivity index (χ3n) is 4.35. The van der Waals surface area contributed by atoms with Crippen molar-refractivity contribution in [1.82, 2.24) is 0 Å². The second-order valence-corrected chi connectivity index (χ2v) is 5.58. The fourth-order valence-electron chi connectivity index (χ4n) is 3.46. The van der Waals surface area contributed by atoms with Crippen molar-refractivity contribution in [3.05, 3.63) is 52.1 Å². The first-order valence-corrected chi connectivity index (χ1v) is 7.19. The van der Waals surface area contributed by atoms with E-state index < -0.39 is 17.3 Å². The maximum atomic E-state index is 13.0. The van der Waals surface area contributed by atoms with Crippen LogP contribution in [0.15, 0.2) is 41.0 Å². The summed E-state index contributed by atoms with van der Waals surface area (Å²) in [4.78, 5) is 25.5. The van der Waals surface area contributed by atoms with E-state index in [1.54, 1.807) is 25.1 Å². The molecule has 2 aliphatic rings. The molecule has 0 aromatic heterocycles. The van der Waals surface area contributed by atoms with Gasteiger partial charge in [0.15, 0.2) is 5.41 Å². The Morgan fingerprint density at radius 3 is 2.75 bits per heavy atom. The summed E-state index contributed by atoms with van der Waals surface area (Å²) in [7, 11) is 1.20. The third-order valence-corrected chi connectivity index (χ3v) is 4.35. The number of methoxy groups -OCH3 is 1. The number of aryl methyl sites for hydroxylation is 1. The number of benzene rings is 1. The van der Waals surface area contributed by atoms with Gasteiger partial charge < -0.3 is 20.5 Å². The van der Waals surface area contributed by atoms with E-state index in [9.17, 15) is 14.9 Å². The minimum Gasteiger partial charge on any atom is -0.466 e. The number of fused-ring (bicyclic) bond motifs is 2. The van der Waals surface area contributed by atoms with Crippen molar-refractivity contribution in [2.24, 2.45) is 5.73 Å². The standard InChI is InChI=1S/C17H15N3O4/c1-8-5-4-6-11-12(8)17(16(22)20-11)10(7-18)14(19)24-9(2)13(17)15(21)23-3/h4-6H,19H2,1-3H3,(H,20,22)/t17-/m1/s1. The molecular formula is C17H15N3O4. The molecule has 24 heavy (non-hydrogen) atoms. The number of nitrogens with one attached hydrogen (secondary N) is 1. The number of rotatable bonds is 1. The number of carbonyl (C=O) groups excluding carboxylic acids is 2. The van der Waals surface area contributed by atoms with Crippen molar-refractivity contribution >= 4 is 17.6 Å². The average molecular weight is 325 g/mol. The van der Waals surface area contributed by atoms with E-state index in [-0.39, 0.29) is 22.8 Å². The molecule has 1 atom stereocenters. The Labute approximate surface area is 138 Å². The van der Waals surface area contributed by atoms with E-state index >= 15 is 0 Å². The number of nitrogens with zero attached hydrogens (tertiary/aromatic N) is 1. The molecule has 0 aliphatic carbocycles. The van der Waals surface area contributed by atoms with E-state index in [0.29, 0.717) is 11.3 Å². The zero-order valence-electron chi connectivity index (χ0n) is 13.4. The molecule has 0 saturated carbocycles. The number of ether oxygens (including phenoxy) is 2. The number of nitriles is 1. The molecule has 122 valence electrons. The quantitative estimate of drug-likeness (QED) is 0.753. The van der Waals surface area contributed by atoms with Crippen molar-refractivity contribution in [2.45, 2.75) is 19.3 Å². The summed E-state index contributed by atoms with van der Waals surface area (Å²) in [6.45, 7) is 3.31. The summed E-state index contributed by atoms with van der Waals surface area (Å²) in [6.07, 6.45) is 0. The van der Waals surface area contributed by atoms with Crippen LogP contribution in [0, 0.1) is 18.3 Å². The molecule has 0 bridgehead atoms. The fraction of sp³-hybridized carbons (Fsp3) is 0.235. The maximum absolute atomic E-state index is 13.0. The van der Waals surface area contributed by atoms with E-state index in [1.807, 2.05) is 6.07 Å². The summed E-state index contributed by atoms with van der Waals surface area (Å²) in [5.74, 6) is -1.35. The van der Waals surface area contributed by atoms with Crippen LogP contribution in [0.4, 0.5) is 5.69 Å². The molecule has 1 spiro atoms. The minimum atomic E-state index is -1.67. The van der Waals surface area contributed by atoms with Crippen LogP contribution in [0.25, 0.3) is 0 Å². The number of hydrogen-bond donors (Lipinski definition) is 2. The minimum absolute atomic E-state index is 0.0405. The molecule has 1 aromatic carbocycles. The number of carbonyl (C=O) groups is 2. The van der Waals surface area contributed by atoms with Gasteiger partial charge in [-0.05, 0) is 25.5 Å². The van der Waals surface area contributed by atoms with Gasteiger partial charge in [0.05, 0.1) is 7.11 Å². The summed E-state index contributed by atoms with van der Waals surface area (Å²) < 4.78 is 10.2. The van der Waals surface area contributed by atoms with Crippen LogP contribution in [-0.2, 0) is 24.5 Å². The van der Waals surface area contributed by atoms with Gasteiger partial charge in [-0.25, -0.2) is 4.79 Å². The second kappa shape index (κ2) is 5.13. The Balaban J connectivity index is 2.49. The van der Waals surface area contributed by atoms with Gasteiger partial charge in [-0.2, -0.15) is 5.26 Å². The number of hydrogen-bond acceptors (Lipinski definition) is 6. The van der Waals surface area contributed by atoms with E-state index in [0.717, 1.165) is 5.56 Å². The Morgan fingerprint density at radius 1 is 1.42 bits per heavy atom. The van der Waals surface area contributed by atoms with Crippen LogP contribution >= 0.6 is 0 Å². The number of anilines is 1. The lowest BCUT2D eigenvalue weighted by Crippen LogP contribution is -2.46.